The molecule has 0 amide bonds. The molecule has 2 N–H and O–H groups in total. The van der Waals surface area contributed by atoms with Crippen LogP contribution in [0.5, 0.6) is 5.75 Å². The molecule has 1 fully saturated rings. The van der Waals surface area contributed by atoms with Crippen molar-refractivity contribution in [3.63, 3.8) is 0 Å². The Morgan fingerprint density at radius 2 is 1.97 bits per heavy atom. The Balaban J connectivity index is 1.55. The van der Waals surface area contributed by atoms with Gasteiger partial charge in [0, 0.05) is 35.8 Å². The molecule has 0 spiro atoms. The molecule has 1 aliphatic carbocycles. The van der Waals surface area contributed by atoms with E-state index in [0.29, 0.717) is 11.4 Å². The minimum absolute atomic E-state index is 0.0431. The Hall–Kier alpha value is -3.98. The highest BCUT2D eigenvalue weighted by Gasteiger charge is 2.27. The molecule has 0 unspecified atom stereocenters. The maximum atomic E-state index is 14.6. The summed E-state index contributed by atoms with van der Waals surface area (Å²) in [5.74, 6) is -0.672. The van der Waals surface area contributed by atoms with Gasteiger partial charge in [-0.25, -0.2) is 13.8 Å². The zero-order valence-electron chi connectivity index (χ0n) is 19.9. The normalized spacial score (nSPS) is 14.0. The van der Waals surface area contributed by atoms with Crippen LogP contribution in [0.15, 0.2) is 66.0 Å². The fourth-order valence-corrected chi connectivity index (χ4v) is 4.37. The number of rotatable bonds is 8. The first kappa shape index (κ1) is 23.7. The van der Waals surface area contributed by atoms with E-state index in [1.807, 2.05) is 29.8 Å². The van der Waals surface area contributed by atoms with Gasteiger partial charge >= 0.3 is 0 Å². The third kappa shape index (κ3) is 4.61. The van der Waals surface area contributed by atoms with Crippen LogP contribution in [-0.2, 0) is 0 Å². The maximum Gasteiger partial charge on any atom is 0.274 e. The van der Waals surface area contributed by atoms with E-state index in [0.717, 1.165) is 41.9 Å². The number of nitrogens with zero attached hydrogens (tertiary/aromatic N) is 3. The summed E-state index contributed by atoms with van der Waals surface area (Å²) in [5.41, 5.74) is 3.09. The maximum absolute atomic E-state index is 14.6. The van der Waals surface area contributed by atoms with E-state index in [2.05, 4.69) is 10.3 Å². The molecule has 9 heteroatoms. The molecule has 2 aromatic heterocycles. The van der Waals surface area contributed by atoms with Gasteiger partial charge in [0.2, 0.25) is 0 Å². The molecule has 1 aliphatic rings. The number of benzene rings is 2. The second kappa shape index (κ2) is 9.58. The monoisotopic (exact) mass is 492 g/mol. The van der Waals surface area contributed by atoms with Crippen molar-refractivity contribution >= 4 is 11.4 Å². The number of imidazole rings is 1. The molecule has 1 saturated carbocycles. The van der Waals surface area contributed by atoms with Crippen LogP contribution in [0.3, 0.4) is 0 Å². The summed E-state index contributed by atoms with van der Waals surface area (Å²) in [6, 6.07) is 9.39. The van der Waals surface area contributed by atoms with Crippen molar-refractivity contribution < 1.29 is 18.6 Å². The number of hydrogen-bond donors (Lipinski definition) is 2. The Morgan fingerprint density at radius 1 is 1.17 bits per heavy atom. The molecule has 4 aromatic rings. The number of anilines is 2. The summed E-state index contributed by atoms with van der Waals surface area (Å²) in [6.45, 7) is 1.37. The van der Waals surface area contributed by atoms with Crippen molar-refractivity contribution in [2.45, 2.75) is 31.7 Å². The number of aliphatic hydroxyl groups excluding tert-OH is 1. The largest absolute Gasteiger partial charge is 0.494 e. The minimum atomic E-state index is -1.00. The van der Waals surface area contributed by atoms with Gasteiger partial charge in [0.25, 0.3) is 5.56 Å². The lowest BCUT2D eigenvalue weighted by molar-refractivity contribution is 0.243. The molecule has 186 valence electrons. The first-order valence-electron chi connectivity index (χ1n) is 11.7. The number of aromatic nitrogens is 3. The lowest BCUT2D eigenvalue weighted by Gasteiger charge is -2.21. The smallest absolute Gasteiger partial charge is 0.274 e. The zero-order valence-corrected chi connectivity index (χ0v) is 19.9. The molecule has 0 saturated heterocycles. The van der Waals surface area contributed by atoms with Crippen LogP contribution in [-0.4, -0.2) is 32.9 Å². The summed E-state index contributed by atoms with van der Waals surface area (Å²) in [5, 5.41) is 13.3. The molecule has 2 heterocycles. The Bertz CT molecular complexity index is 1480. The van der Waals surface area contributed by atoms with Crippen LogP contribution in [0.4, 0.5) is 20.2 Å². The predicted octanol–water partition coefficient (Wildman–Crippen LogP) is 4.83. The Kier molecular flexibility index (Phi) is 6.32. The number of halogens is 2. The van der Waals surface area contributed by atoms with Crippen molar-refractivity contribution in [2.75, 3.05) is 19.0 Å². The van der Waals surface area contributed by atoms with E-state index >= 15 is 0 Å². The average molecular weight is 493 g/mol. The fourth-order valence-electron chi connectivity index (χ4n) is 4.37. The highest BCUT2D eigenvalue weighted by atomic mass is 19.1. The van der Waals surface area contributed by atoms with Gasteiger partial charge < -0.3 is 24.3 Å². The number of pyridine rings is 1. The van der Waals surface area contributed by atoms with E-state index < -0.39 is 29.8 Å². The van der Waals surface area contributed by atoms with Crippen molar-refractivity contribution in [2.24, 2.45) is 0 Å². The lowest BCUT2D eigenvalue weighted by Crippen LogP contribution is -2.30. The number of ether oxygens (including phenoxy) is 1. The molecule has 2 aromatic carbocycles. The quantitative estimate of drug-likeness (QED) is 0.368. The summed E-state index contributed by atoms with van der Waals surface area (Å²) in [4.78, 5) is 17.8. The van der Waals surface area contributed by atoms with Gasteiger partial charge in [0.15, 0.2) is 0 Å². The van der Waals surface area contributed by atoms with E-state index in [-0.39, 0.29) is 17.2 Å². The van der Waals surface area contributed by atoms with Gasteiger partial charge in [0.05, 0.1) is 37.5 Å². The predicted molar refractivity (Wildman–Crippen MR) is 132 cm³/mol. The first-order chi connectivity index (χ1) is 17.4. The van der Waals surface area contributed by atoms with E-state index in [4.69, 9.17) is 4.74 Å². The second-order valence-electron chi connectivity index (χ2n) is 8.97. The first-order valence-corrected chi connectivity index (χ1v) is 11.7. The summed E-state index contributed by atoms with van der Waals surface area (Å²) in [6.07, 6.45) is 7.21. The zero-order chi connectivity index (χ0) is 25.4. The number of methoxy groups -OCH3 is 1. The molecular weight excluding hydrogens is 466 g/mol. The summed E-state index contributed by atoms with van der Waals surface area (Å²) < 4.78 is 36.8. The van der Waals surface area contributed by atoms with Gasteiger partial charge in [-0.05, 0) is 55.5 Å². The molecule has 5 rings (SSSR count). The minimum Gasteiger partial charge on any atom is -0.494 e. The van der Waals surface area contributed by atoms with Crippen LogP contribution < -0.4 is 15.6 Å². The van der Waals surface area contributed by atoms with Crippen molar-refractivity contribution in [1.29, 1.82) is 0 Å². The standard InChI is InChI=1S/C27H26F2N4O3/c1-16-12-32(15-30-16)24-8-6-20(11-26(24)36-2)31-23-9-18(17-3-4-17)13-33(27(23)35)25(14-34)21-7-5-19(28)10-22(21)29/h5-13,15,17,25,31,34H,3-4,14H2,1-2H3/t25-/m0/s1. The van der Waals surface area contributed by atoms with Crippen LogP contribution >= 0.6 is 0 Å². The Morgan fingerprint density at radius 3 is 2.61 bits per heavy atom. The van der Waals surface area contributed by atoms with E-state index in [1.165, 1.54) is 10.6 Å². The SMILES string of the molecule is COc1cc(Nc2cc(C3CC3)cn([C@@H](CO)c3ccc(F)cc3F)c2=O)ccc1-n1cnc(C)c1. The number of aryl methyl sites for hydroxylation is 1. The van der Waals surface area contributed by atoms with Crippen molar-refractivity contribution in [1.82, 2.24) is 14.1 Å². The van der Waals surface area contributed by atoms with E-state index in [1.54, 1.807) is 31.8 Å². The summed E-state index contributed by atoms with van der Waals surface area (Å²) in [7, 11) is 1.57. The van der Waals surface area contributed by atoms with Gasteiger partial charge in [-0.15, -0.1) is 0 Å². The average Bonchev–Trinajstić information content (AvgIpc) is 3.63. The van der Waals surface area contributed by atoms with E-state index in [9.17, 15) is 18.7 Å². The number of nitrogens with one attached hydrogen (secondary N) is 1. The molecule has 36 heavy (non-hydrogen) atoms. The van der Waals surface area contributed by atoms with Crippen LogP contribution in [0.2, 0.25) is 0 Å². The van der Waals surface area contributed by atoms with Crippen LogP contribution in [0, 0.1) is 18.6 Å². The van der Waals surface area contributed by atoms with Crippen LogP contribution in [0.1, 0.15) is 41.6 Å². The highest BCUT2D eigenvalue weighted by Crippen LogP contribution is 2.41. The molecule has 0 aliphatic heterocycles. The number of hydrogen-bond acceptors (Lipinski definition) is 5. The third-order valence-electron chi connectivity index (χ3n) is 6.39. The molecule has 0 radical (unpaired) electrons. The number of aliphatic hydroxyl groups is 1. The van der Waals surface area contributed by atoms with Crippen molar-refractivity contribution in [3.8, 4) is 11.4 Å². The van der Waals surface area contributed by atoms with Crippen LogP contribution in [0.25, 0.3) is 5.69 Å². The molecule has 7 nitrogen and oxygen atoms in total. The topological polar surface area (TPSA) is 81.3 Å². The van der Waals surface area contributed by atoms with Gasteiger partial charge in [-0.2, -0.15) is 0 Å². The molecule has 1 atom stereocenters. The second-order valence-corrected chi connectivity index (χ2v) is 8.97. The van der Waals surface area contributed by atoms with Gasteiger partial charge in [-0.3, -0.25) is 4.79 Å². The fraction of sp³-hybridized carbons (Fsp3) is 0.259. The van der Waals surface area contributed by atoms with Gasteiger partial charge in [-0.1, -0.05) is 6.07 Å². The molecule has 0 bridgehead atoms. The van der Waals surface area contributed by atoms with Crippen molar-refractivity contribution in [3.05, 3.63) is 100.0 Å². The lowest BCUT2D eigenvalue weighted by atomic mass is 10.0. The molecular formula is C27H26F2N4O3. The summed E-state index contributed by atoms with van der Waals surface area (Å²) >= 11 is 0. The highest BCUT2D eigenvalue weighted by molar-refractivity contribution is 5.65. The Labute approximate surface area is 206 Å². The van der Waals surface area contributed by atoms with Gasteiger partial charge in [0.1, 0.15) is 23.1 Å². The third-order valence-corrected chi connectivity index (χ3v) is 6.39.